The number of benzene rings is 2. The molecule has 1 heterocycles. The van der Waals surface area contributed by atoms with E-state index in [9.17, 15) is 13.6 Å². The van der Waals surface area contributed by atoms with Crippen LogP contribution in [-0.4, -0.2) is 18.9 Å². The van der Waals surface area contributed by atoms with Gasteiger partial charge in [-0.1, -0.05) is 36.4 Å². The van der Waals surface area contributed by atoms with Crippen molar-refractivity contribution in [1.82, 2.24) is 5.32 Å². The van der Waals surface area contributed by atoms with Gasteiger partial charge in [-0.05, 0) is 24.3 Å². The average Bonchev–Trinajstić information content (AvgIpc) is 2.55. The van der Waals surface area contributed by atoms with Crippen molar-refractivity contribution in [2.24, 2.45) is 0 Å². The molecule has 1 fully saturated rings. The SMILES string of the molecule is O=C1/C(=C\c2ccccc2F)CNC/C1=C/c1ccccc1F. The standard InChI is InChI=1S/C19H15F2NO/c20-17-7-3-1-5-13(17)9-15-11-22-12-16(19(15)23)10-14-6-2-4-8-18(14)21/h1-10,22H,11-12H2/b15-9-,16-10-. The molecule has 1 N–H and O–H groups in total. The highest BCUT2D eigenvalue weighted by Crippen LogP contribution is 2.19. The van der Waals surface area contributed by atoms with Crippen LogP contribution in [0.4, 0.5) is 8.78 Å². The molecule has 0 saturated carbocycles. The van der Waals surface area contributed by atoms with E-state index >= 15 is 0 Å². The average molecular weight is 311 g/mol. The highest BCUT2D eigenvalue weighted by molar-refractivity contribution is 6.14. The maximum Gasteiger partial charge on any atom is 0.187 e. The van der Waals surface area contributed by atoms with E-state index in [-0.39, 0.29) is 17.4 Å². The molecule has 2 nitrogen and oxygen atoms in total. The van der Waals surface area contributed by atoms with Gasteiger partial charge in [-0.3, -0.25) is 4.79 Å². The molecule has 2 aromatic rings. The molecule has 1 aliphatic heterocycles. The lowest BCUT2D eigenvalue weighted by Gasteiger charge is -2.18. The number of carbonyl (C=O) groups excluding carboxylic acids is 1. The Morgan fingerprint density at radius 1 is 0.783 bits per heavy atom. The van der Waals surface area contributed by atoms with Gasteiger partial charge in [-0.2, -0.15) is 0 Å². The zero-order valence-electron chi connectivity index (χ0n) is 12.4. The summed E-state index contributed by atoms with van der Waals surface area (Å²) in [5, 5.41) is 3.09. The molecule has 0 aliphatic carbocycles. The Bertz CT molecular complexity index is 743. The number of Topliss-reactive ketones (excluding diaryl/α,β-unsaturated/α-hetero) is 1. The van der Waals surface area contributed by atoms with Crippen LogP contribution in [0.15, 0.2) is 59.7 Å². The quantitative estimate of drug-likeness (QED) is 0.859. The number of ketones is 1. The van der Waals surface area contributed by atoms with Crippen molar-refractivity contribution in [1.29, 1.82) is 0 Å². The van der Waals surface area contributed by atoms with E-state index in [1.807, 2.05) is 0 Å². The van der Waals surface area contributed by atoms with Crippen LogP contribution in [-0.2, 0) is 4.79 Å². The predicted octanol–water partition coefficient (Wildman–Crippen LogP) is 3.60. The molecular formula is C19H15F2NO. The Labute approximate surface area is 133 Å². The Morgan fingerprint density at radius 2 is 1.22 bits per heavy atom. The molecule has 23 heavy (non-hydrogen) atoms. The van der Waals surface area contributed by atoms with E-state index in [1.165, 1.54) is 12.1 Å². The van der Waals surface area contributed by atoms with E-state index < -0.39 is 0 Å². The highest BCUT2D eigenvalue weighted by Gasteiger charge is 2.20. The van der Waals surface area contributed by atoms with Crippen LogP contribution in [0.3, 0.4) is 0 Å². The van der Waals surface area contributed by atoms with Crippen molar-refractivity contribution < 1.29 is 13.6 Å². The zero-order chi connectivity index (χ0) is 16.2. The second kappa shape index (κ2) is 6.67. The van der Waals surface area contributed by atoms with E-state index in [1.54, 1.807) is 48.6 Å². The minimum absolute atomic E-state index is 0.185. The van der Waals surface area contributed by atoms with Crippen LogP contribution >= 0.6 is 0 Å². The fourth-order valence-corrected chi connectivity index (χ4v) is 2.49. The molecule has 116 valence electrons. The summed E-state index contributed by atoms with van der Waals surface area (Å²) in [5.41, 5.74) is 1.66. The lowest BCUT2D eigenvalue weighted by molar-refractivity contribution is -0.112. The van der Waals surface area contributed by atoms with Gasteiger partial charge in [0.05, 0.1) is 0 Å². The van der Waals surface area contributed by atoms with E-state index in [2.05, 4.69) is 5.32 Å². The Kier molecular flexibility index (Phi) is 4.44. The molecular weight excluding hydrogens is 296 g/mol. The van der Waals surface area contributed by atoms with E-state index in [0.717, 1.165) is 0 Å². The van der Waals surface area contributed by atoms with Crippen molar-refractivity contribution in [3.8, 4) is 0 Å². The highest BCUT2D eigenvalue weighted by atomic mass is 19.1. The first-order chi connectivity index (χ1) is 11.1. The predicted molar refractivity (Wildman–Crippen MR) is 86.6 cm³/mol. The largest absolute Gasteiger partial charge is 0.308 e. The monoisotopic (exact) mass is 311 g/mol. The number of hydrogen-bond acceptors (Lipinski definition) is 2. The Balaban J connectivity index is 1.93. The molecule has 3 rings (SSSR count). The molecule has 0 aromatic heterocycles. The van der Waals surface area contributed by atoms with Crippen molar-refractivity contribution in [3.05, 3.63) is 82.4 Å². The molecule has 2 aromatic carbocycles. The van der Waals surface area contributed by atoms with Crippen molar-refractivity contribution in [2.75, 3.05) is 13.1 Å². The number of hydrogen-bond donors (Lipinski definition) is 1. The number of rotatable bonds is 2. The summed E-state index contributed by atoms with van der Waals surface area (Å²) in [6.45, 7) is 0.726. The molecule has 0 radical (unpaired) electrons. The molecule has 1 saturated heterocycles. The summed E-state index contributed by atoms with van der Waals surface area (Å²) in [4.78, 5) is 12.5. The van der Waals surface area contributed by atoms with Gasteiger partial charge in [0.2, 0.25) is 0 Å². The summed E-state index contributed by atoms with van der Waals surface area (Å²) in [7, 11) is 0. The molecule has 0 bridgehead atoms. The first-order valence-electron chi connectivity index (χ1n) is 7.31. The number of carbonyl (C=O) groups is 1. The van der Waals surface area contributed by atoms with Crippen LogP contribution in [0.2, 0.25) is 0 Å². The Hall–Kier alpha value is -2.59. The molecule has 1 aliphatic rings. The summed E-state index contributed by atoms with van der Waals surface area (Å²) in [6.07, 6.45) is 3.08. The maximum atomic E-state index is 13.7. The molecule has 0 atom stereocenters. The molecule has 0 amide bonds. The molecule has 4 heteroatoms. The Morgan fingerprint density at radius 3 is 1.65 bits per heavy atom. The van der Waals surface area contributed by atoms with Gasteiger partial charge in [-0.25, -0.2) is 8.78 Å². The van der Waals surface area contributed by atoms with Crippen molar-refractivity contribution >= 4 is 17.9 Å². The molecule has 0 unspecified atom stereocenters. The normalized spacial score (nSPS) is 18.6. The van der Waals surface area contributed by atoms with Crippen molar-refractivity contribution in [3.63, 3.8) is 0 Å². The lowest BCUT2D eigenvalue weighted by Crippen LogP contribution is -2.32. The first-order valence-corrected chi connectivity index (χ1v) is 7.31. The van der Waals surface area contributed by atoms with Gasteiger partial charge in [0.1, 0.15) is 11.6 Å². The third-order valence-electron chi connectivity index (χ3n) is 3.68. The van der Waals surface area contributed by atoms with Crippen molar-refractivity contribution in [2.45, 2.75) is 0 Å². The summed E-state index contributed by atoms with van der Waals surface area (Å²) in [5.74, 6) is -0.939. The van der Waals surface area contributed by atoms with E-state index in [0.29, 0.717) is 35.4 Å². The fourth-order valence-electron chi connectivity index (χ4n) is 2.49. The van der Waals surface area contributed by atoms with Crippen LogP contribution < -0.4 is 5.32 Å². The minimum Gasteiger partial charge on any atom is -0.308 e. The van der Waals surface area contributed by atoms with Crippen LogP contribution in [0.5, 0.6) is 0 Å². The van der Waals surface area contributed by atoms with Gasteiger partial charge in [0, 0.05) is 35.4 Å². The summed E-state index contributed by atoms with van der Waals surface area (Å²) < 4.78 is 27.5. The van der Waals surface area contributed by atoms with Crippen LogP contribution in [0.25, 0.3) is 12.2 Å². The van der Waals surface area contributed by atoms with Gasteiger partial charge < -0.3 is 5.32 Å². The minimum atomic E-state index is -0.377. The van der Waals surface area contributed by atoms with E-state index in [4.69, 9.17) is 0 Å². The first kappa shape index (κ1) is 15.3. The zero-order valence-corrected chi connectivity index (χ0v) is 12.4. The lowest BCUT2D eigenvalue weighted by atomic mass is 9.95. The van der Waals surface area contributed by atoms with Crippen LogP contribution in [0, 0.1) is 11.6 Å². The molecule has 0 spiro atoms. The second-order valence-electron chi connectivity index (χ2n) is 5.31. The van der Waals surface area contributed by atoms with Gasteiger partial charge >= 0.3 is 0 Å². The van der Waals surface area contributed by atoms with Gasteiger partial charge in [0.15, 0.2) is 5.78 Å². The van der Waals surface area contributed by atoms with Gasteiger partial charge in [-0.15, -0.1) is 0 Å². The number of piperidine rings is 1. The topological polar surface area (TPSA) is 29.1 Å². The fraction of sp³-hybridized carbons (Fsp3) is 0.105. The smallest absolute Gasteiger partial charge is 0.187 e. The summed E-state index contributed by atoms with van der Waals surface area (Å²) in [6, 6.07) is 12.6. The maximum absolute atomic E-state index is 13.7. The van der Waals surface area contributed by atoms with Gasteiger partial charge in [0.25, 0.3) is 0 Å². The summed E-state index contributed by atoms with van der Waals surface area (Å²) >= 11 is 0. The third kappa shape index (κ3) is 3.43. The number of halogens is 2. The van der Waals surface area contributed by atoms with Crippen LogP contribution in [0.1, 0.15) is 11.1 Å². The third-order valence-corrected chi connectivity index (χ3v) is 3.68. The number of nitrogens with one attached hydrogen (secondary N) is 1. The second-order valence-corrected chi connectivity index (χ2v) is 5.31.